The molecule has 3 unspecified atom stereocenters. The molecule has 0 amide bonds. The molecule has 0 radical (unpaired) electrons. The minimum atomic E-state index is 0.314. The van der Waals surface area contributed by atoms with Crippen LogP contribution in [-0.2, 0) is 0 Å². The first-order valence-corrected chi connectivity index (χ1v) is 6.29. The molecule has 1 nitrogen and oxygen atoms in total. The standard InChI is InChI=1S/C14H25N/c1-6-7-14(5)11-8-13(4,9-15-14)12(11)10(2)3/h6,10-12,15H,1,7-9H2,2-5H3/t11-,12?,13?,14?/m0/s1. The molecule has 3 fully saturated rings. The number of fused-ring (bicyclic) bond motifs is 2. The molecule has 2 bridgehead atoms. The van der Waals surface area contributed by atoms with Gasteiger partial charge in [0, 0.05) is 12.1 Å². The van der Waals surface area contributed by atoms with Gasteiger partial charge in [0.2, 0.25) is 0 Å². The Labute approximate surface area is 94.3 Å². The van der Waals surface area contributed by atoms with Crippen molar-refractivity contribution in [3.63, 3.8) is 0 Å². The van der Waals surface area contributed by atoms with Crippen molar-refractivity contribution in [2.24, 2.45) is 23.2 Å². The van der Waals surface area contributed by atoms with Gasteiger partial charge in [-0.05, 0) is 42.9 Å². The Morgan fingerprint density at radius 2 is 2.13 bits per heavy atom. The molecule has 0 aromatic heterocycles. The van der Waals surface area contributed by atoms with Crippen LogP contribution in [0.1, 0.15) is 40.5 Å². The molecule has 1 aliphatic carbocycles. The molecule has 0 aromatic carbocycles. The average molecular weight is 207 g/mol. The topological polar surface area (TPSA) is 12.0 Å². The molecule has 2 saturated heterocycles. The highest BCUT2D eigenvalue weighted by Crippen LogP contribution is 2.61. The Balaban J connectivity index is 2.19. The molecular weight excluding hydrogens is 182 g/mol. The maximum absolute atomic E-state index is 3.90. The second-order valence-electron chi connectivity index (χ2n) is 6.50. The van der Waals surface area contributed by atoms with Crippen molar-refractivity contribution in [2.75, 3.05) is 6.54 Å². The first-order valence-electron chi connectivity index (χ1n) is 6.29. The quantitative estimate of drug-likeness (QED) is 0.701. The molecule has 1 N–H and O–H groups in total. The van der Waals surface area contributed by atoms with Gasteiger partial charge in [0.1, 0.15) is 0 Å². The summed E-state index contributed by atoms with van der Waals surface area (Å²) >= 11 is 0. The molecule has 1 saturated carbocycles. The molecule has 2 heterocycles. The SMILES string of the molecule is C=CCC1(C)NCC2(C)C[C@H]1C2C(C)C. The van der Waals surface area contributed by atoms with Gasteiger partial charge in [0.15, 0.2) is 0 Å². The van der Waals surface area contributed by atoms with Gasteiger partial charge in [-0.2, -0.15) is 0 Å². The van der Waals surface area contributed by atoms with Crippen LogP contribution < -0.4 is 5.32 Å². The summed E-state index contributed by atoms with van der Waals surface area (Å²) < 4.78 is 0. The Kier molecular flexibility index (Phi) is 2.50. The van der Waals surface area contributed by atoms with E-state index < -0.39 is 0 Å². The fourth-order valence-electron chi connectivity index (χ4n) is 4.23. The van der Waals surface area contributed by atoms with Crippen molar-refractivity contribution in [1.29, 1.82) is 0 Å². The summed E-state index contributed by atoms with van der Waals surface area (Å²) in [7, 11) is 0. The highest BCUT2D eigenvalue weighted by molar-refractivity contribution is 5.15. The van der Waals surface area contributed by atoms with E-state index in [0.717, 1.165) is 24.2 Å². The largest absolute Gasteiger partial charge is 0.310 e. The van der Waals surface area contributed by atoms with E-state index in [4.69, 9.17) is 0 Å². The van der Waals surface area contributed by atoms with Crippen molar-refractivity contribution in [2.45, 2.75) is 46.1 Å². The first kappa shape index (κ1) is 11.2. The zero-order chi connectivity index (χ0) is 11.3. The maximum atomic E-state index is 3.90. The minimum Gasteiger partial charge on any atom is -0.310 e. The summed E-state index contributed by atoms with van der Waals surface area (Å²) in [6.07, 6.45) is 4.59. The lowest BCUT2D eigenvalue weighted by molar-refractivity contribution is -0.143. The highest BCUT2D eigenvalue weighted by Gasteiger charge is 2.61. The Morgan fingerprint density at radius 1 is 1.47 bits per heavy atom. The molecule has 3 aliphatic rings. The monoisotopic (exact) mass is 207 g/mol. The van der Waals surface area contributed by atoms with Crippen LogP contribution in [0.3, 0.4) is 0 Å². The Bertz CT molecular complexity index is 267. The van der Waals surface area contributed by atoms with Crippen molar-refractivity contribution in [3.05, 3.63) is 12.7 Å². The molecule has 86 valence electrons. The molecule has 0 aromatic rings. The van der Waals surface area contributed by atoms with Crippen molar-refractivity contribution in [1.82, 2.24) is 5.32 Å². The van der Waals surface area contributed by atoms with Gasteiger partial charge in [-0.3, -0.25) is 0 Å². The molecule has 0 spiro atoms. The van der Waals surface area contributed by atoms with E-state index in [1.54, 1.807) is 0 Å². The molecular formula is C14H25N. The summed E-state index contributed by atoms with van der Waals surface area (Å²) in [6.45, 7) is 14.7. The fraction of sp³-hybridized carbons (Fsp3) is 0.857. The predicted molar refractivity (Wildman–Crippen MR) is 65.8 cm³/mol. The number of nitrogens with one attached hydrogen (secondary N) is 1. The molecule has 2 aliphatic heterocycles. The number of hydrogen-bond acceptors (Lipinski definition) is 1. The van der Waals surface area contributed by atoms with Crippen LogP contribution >= 0.6 is 0 Å². The van der Waals surface area contributed by atoms with Crippen molar-refractivity contribution < 1.29 is 0 Å². The van der Waals surface area contributed by atoms with Gasteiger partial charge in [0.05, 0.1) is 0 Å². The van der Waals surface area contributed by atoms with E-state index in [2.05, 4.69) is 45.7 Å². The fourth-order valence-corrected chi connectivity index (χ4v) is 4.23. The van der Waals surface area contributed by atoms with Crippen LogP contribution in [-0.4, -0.2) is 12.1 Å². The van der Waals surface area contributed by atoms with Crippen LogP contribution in [0.4, 0.5) is 0 Å². The number of rotatable bonds is 3. The van der Waals surface area contributed by atoms with Gasteiger partial charge >= 0.3 is 0 Å². The van der Waals surface area contributed by atoms with Gasteiger partial charge in [0.25, 0.3) is 0 Å². The van der Waals surface area contributed by atoms with Crippen molar-refractivity contribution >= 4 is 0 Å². The first-order chi connectivity index (χ1) is 6.93. The summed E-state index contributed by atoms with van der Waals surface area (Å²) in [5, 5.41) is 3.75. The van der Waals surface area contributed by atoms with Gasteiger partial charge in [-0.1, -0.05) is 26.8 Å². The van der Waals surface area contributed by atoms with Gasteiger partial charge in [-0.15, -0.1) is 6.58 Å². The molecule has 15 heavy (non-hydrogen) atoms. The zero-order valence-corrected chi connectivity index (χ0v) is 10.6. The number of piperidine rings is 2. The minimum absolute atomic E-state index is 0.314. The number of hydrogen-bond donors (Lipinski definition) is 1. The second-order valence-corrected chi connectivity index (χ2v) is 6.50. The summed E-state index contributed by atoms with van der Waals surface area (Å²) in [5.74, 6) is 2.58. The third-order valence-corrected chi connectivity index (χ3v) is 4.93. The summed E-state index contributed by atoms with van der Waals surface area (Å²) in [5.41, 5.74) is 0.883. The van der Waals surface area contributed by atoms with E-state index in [9.17, 15) is 0 Å². The average Bonchev–Trinajstić information content (AvgIpc) is 2.09. The van der Waals surface area contributed by atoms with Crippen LogP contribution in [0.5, 0.6) is 0 Å². The smallest absolute Gasteiger partial charge is 0.0219 e. The highest BCUT2D eigenvalue weighted by atomic mass is 15.0. The normalized spacial score (nSPS) is 48.9. The predicted octanol–water partition coefficient (Wildman–Crippen LogP) is 3.22. The second kappa shape index (κ2) is 3.35. The van der Waals surface area contributed by atoms with Crippen LogP contribution in [0.2, 0.25) is 0 Å². The van der Waals surface area contributed by atoms with Crippen LogP contribution in [0.25, 0.3) is 0 Å². The molecule has 4 atom stereocenters. The molecule has 1 heteroatoms. The van der Waals surface area contributed by atoms with Gasteiger partial charge < -0.3 is 5.32 Å². The third kappa shape index (κ3) is 1.47. The maximum Gasteiger partial charge on any atom is 0.0219 e. The Hall–Kier alpha value is -0.300. The third-order valence-electron chi connectivity index (χ3n) is 4.93. The Morgan fingerprint density at radius 3 is 2.60 bits per heavy atom. The van der Waals surface area contributed by atoms with E-state index in [0.29, 0.717) is 11.0 Å². The molecule has 3 rings (SSSR count). The zero-order valence-electron chi connectivity index (χ0n) is 10.6. The van der Waals surface area contributed by atoms with E-state index in [1.165, 1.54) is 13.0 Å². The van der Waals surface area contributed by atoms with Crippen LogP contribution in [0, 0.1) is 23.2 Å². The van der Waals surface area contributed by atoms with E-state index >= 15 is 0 Å². The lowest BCUT2D eigenvalue weighted by atomic mass is 9.44. The van der Waals surface area contributed by atoms with Crippen LogP contribution in [0.15, 0.2) is 12.7 Å². The summed E-state index contributed by atoms with van der Waals surface area (Å²) in [4.78, 5) is 0. The van der Waals surface area contributed by atoms with Gasteiger partial charge in [-0.25, -0.2) is 0 Å². The lowest BCUT2D eigenvalue weighted by Gasteiger charge is -2.67. The lowest BCUT2D eigenvalue weighted by Crippen LogP contribution is -2.71. The summed E-state index contributed by atoms with van der Waals surface area (Å²) in [6, 6.07) is 0. The van der Waals surface area contributed by atoms with E-state index in [-0.39, 0.29) is 0 Å². The van der Waals surface area contributed by atoms with E-state index in [1.807, 2.05) is 0 Å². The van der Waals surface area contributed by atoms with Crippen molar-refractivity contribution in [3.8, 4) is 0 Å².